The van der Waals surface area contributed by atoms with Crippen molar-refractivity contribution in [3.8, 4) is 0 Å². The van der Waals surface area contributed by atoms with Crippen LogP contribution in [0.5, 0.6) is 0 Å². The molecule has 0 amide bonds. The number of hydrogen-bond acceptors (Lipinski definition) is 2. The van der Waals surface area contributed by atoms with Crippen LogP contribution in [0.2, 0.25) is 0 Å². The van der Waals surface area contributed by atoms with Gasteiger partial charge in [-0.3, -0.25) is 4.79 Å². The third kappa shape index (κ3) is 3.17. The smallest absolute Gasteiger partial charge is 0.167 e. The summed E-state index contributed by atoms with van der Waals surface area (Å²) in [4.78, 5) is 12.0. The fourth-order valence-electron chi connectivity index (χ4n) is 1.65. The summed E-state index contributed by atoms with van der Waals surface area (Å²) in [7, 11) is 0. The van der Waals surface area contributed by atoms with Crippen molar-refractivity contribution in [1.82, 2.24) is 0 Å². The van der Waals surface area contributed by atoms with E-state index in [1.807, 2.05) is 24.3 Å². The Balaban J connectivity index is 2.17. The summed E-state index contributed by atoms with van der Waals surface area (Å²) in [6.07, 6.45) is 0.392. The topological polar surface area (TPSA) is 43.1 Å². The molecule has 2 aromatic rings. The molecule has 0 bridgehead atoms. The molecule has 0 aromatic heterocycles. The van der Waals surface area contributed by atoms with E-state index in [4.69, 9.17) is 5.73 Å². The van der Waals surface area contributed by atoms with Crippen LogP contribution in [0, 0.1) is 0 Å². The largest absolute Gasteiger partial charge is 0.399 e. The highest BCUT2D eigenvalue weighted by atomic mass is 79.9. The first-order valence-corrected chi connectivity index (χ1v) is 6.07. The molecule has 0 aliphatic heterocycles. The van der Waals surface area contributed by atoms with Crippen molar-refractivity contribution in [3.63, 3.8) is 0 Å². The molecule has 0 saturated carbocycles. The van der Waals surface area contributed by atoms with Crippen molar-refractivity contribution in [3.05, 3.63) is 64.1 Å². The van der Waals surface area contributed by atoms with Gasteiger partial charge in [0.15, 0.2) is 5.78 Å². The third-order valence-corrected chi connectivity index (χ3v) is 2.96. The number of anilines is 1. The van der Waals surface area contributed by atoms with Crippen molar-refractivity contribution < 1.29 is 4.79 Å². The molecule has 0 aliphatic rings. The molecule has 0 fully saturated rings. The van der Waals surface area contributed by atoms with Gasteiger partial charge in [-0.05, 0) is 29.8 Å². The lowest BCUT2D eigenvalue weighted by molar-refractivity contribution is 0.0993. The molecular weight excluding hydrogens is 278 g/mol. The maximum Gasteiger partial charge on any atom is 0.167 e. The molecule has 0 radical (unpaired) electrons. The summed E-state index contributed by atoms with van der Waals surface area (Å²) in [6, 6.07) is 14.8. The van der Waals surface area contributed by atoms with Crippen molar-refractivity contribution in [2.45, 2.75) is 6.42 Å². The highest BCUT2D eigenvalue weighted by molar-refractivity contribution is 9.10. The Morgan fingerprint density at radius 2 is 1.88 bits per heavy atom. The number of carbonyl (C=O) groups is 1. The number of Topliss-reactive ketones (excluding diaryl/α,β-unsaturated/α-hetero) is 1. The van der Waals surface area contributed by atoms with Crippen molar-refractivity contribution in [1.29, 1.82) is 0 Å². The Bertz CT molecular complexity index is 551. The van der Waals surface area contributed by atoms with Crippen molar-refractivity contribution >= 4 is 27.4 Å². The molecule has 0 aliphatic carbocycles. The number of nitrogen functional groups attached to an aromatic ring is 1. The van der Waals surface area contributed by atoms with Crippen molar-refractivity contribution in [2.24, 2.45) is 0 Å². The van der Waals surface area contributed by atoms with E-state index in [2.05, 4.69) is 15.9 Å². The lowest BCUT2D eigenvalue weighted by atomic mass is 10.0. The minimum Gasteiger partial charge on any atom is -0.399 e. The first-order valence-electron chi connectivity index (χ1n) is 5.28. The quantitative estimate of drug-likeness (QED) is 0.695. The number of halogens is 1. The maximum absolute atomic E-state index is 12.0. The normalized spacial score (nSPS) is 10.2. The molecule has 0 atom stereocenters. The summed E-state index contributed by atoms with van der Waals surface area (Å²) >= 11 is 3.39. The van der Waals surface area contributed by atoms with Gasteiger partial charge >= 0.3 is 0 Å². The summed E-state index contributed by atoms with van der Waals surface area (Å²) < 4.78 is 0.982. The Kier molecular flexibility index (Phi) is 3.59. The summed E-state index contributed by atoms with van der Waals surface area (Å²) in [5, 5.41) is 0. The lowest BCUT2D eigenvalue weighted by Crippen LogP contribution is -2.04. The molecule has 2 nitrogen and oxygen atoms in total. The van der Waals surface area contributed by atoms with Gasteiger partial charge in [-0.1, -0.05) is 40.2 Å². The van der Waals surface area contributed by atoms with Gasteiger partial charge < -0.3 is 5.73 Å². The molecule has 17 heavy (non-hydrogen) atoms. The maximum atomic E-state index is 12.0. The monoisotopic (exact) mass is 289 g/mol. The first-order chi connectivity index (χ1) is 8.15. The number of nitrogens with two attached hydrogens (primary N) is 1. The number of hydrogen-bond donors (Lipinski definition) is 1. The van der Waals surface area contributed by atoms with E-state index in [9.17, 15) is 4.79 Å². The third-order valence-electron chi connectivity index (χ3n) is 2.46. The van der Waals surface area contributed by atoms with Crippen LogP contribution in [0.3, 0.4) is 0 Å². The first kappa shape index (κ1) is 11.9. The molecule has 2 N–H and O–H groups in total. The molecule has 3 heteroatoms. The van der Waals surface area contributed by atoms with Crippen LogP contribution < -0.4 is 5.73 Å². The van der Waals surface area contributed by atoms with Gasteiger partial charge in [0.2, 0.25) is 0 Å². The van der Waals surface area contributed by atoms with E-state index >= 15 is 0 Å². The molecule has 0 unspecified atom stereocenters. The van der Waals surface area contributed by atoms with E-state index in [1.54, 1.807) is 24.3 Å². The second-order valence-electron chi connectivity index (χ2n) is 3.86. The van der Waals surface area contributed by atoms with E-state index in [1.165, 1.54) is 0 Å². The molecule has 86 valence electrons. The SMILES string of the molecule is Nc1cccc(C(=O)Cc2cccc(Br)c2)c1. The van der Waals surface area contributed by atoms with E-state index in [-0.39, 0.29) is 5.78 Å². The molecular formula is C14H12BrNO. The van der Waals surface area contributed by atoms with E-state index in [0.29, 0.717) is 17.7 Å². The standard InChI is InChI=1S/C14H12BrNO/c15-12-5-1-3-10(7-12)8-14(17)11-4-2-6-13(16)9-11/h1-7,9H,8,16H2. The van der Waals surface area contributed by atoms with Crippen LogP contribution in [0.1, 0.15) is 15.9 Å². The molecule has 2 aromatic carbocycles. The van der Waals surface area contributed by atoms with Crippen LogP contribution in [0.25, 0.3) is 0 Å². The molecule has 2 rings (SSSR count). The summed E-state index contributed by atoms with van der Waals surface area (Å²) in [6.45, 7) is 0. The second kappa shape index (κ2) is 5.15. The van der Waals surface area contributed by atoms with Crippen LogP contribution >= 0.6 is 15.9 Å². The van der Waals surface area contributed by atoms with Crippen LogP contribution in [0.4, 0.5) is 5.69 Å². The number of carbonyl (C=O) groups excluding carboxylic acids is 1. The highest BCUT2D eigenvalue weighted by Crippen LogP contribution is 2.15. The minimum atomic E-state index is 0.0791. The van der Waals surface area contributed by atoms with E-state index in [0.717, 1.165) is 10.0 Å². The van der Waals surface area contributed by atoms with Crippen LogP contribution in [-0.2, 0) is 6.42 Å². The van der Waals surface area contributed by atoms with Gasteiger partial charge in [0.25, 0.3) is 0 Å². The van der Waals surface area contributed by atoms with Crippen molar-refractivity contribution in [2.75, 3.05) is 5.73 Å². The fourth-order valence-corrected chi connectivity index (χ4v) is 2.09. The zero-order chi connectivity index (χ0) is 12.3. The van der Waals surface area contributed by atoms with Gasteiger partial charge in [0.1, 0.15) is 0 Å². The predicted molar refractivity (Wildman–Crippen MR) is 73.0 cm³/mol. The number of rotatable bonds is 3. The second-order valence-corrected chi connectivity index (χ2v) is 4.77. The Morgan fingerprint density at radius 3 is 2.59 bits per heavy atom. The summed E-state index contributed by atoms with van der Waals surface area (Å²) in [5.74, 6) is 0.0791. The molecule has 0 spiro atoms. The highest BCUT2D eigenvalue weighted by Gasteiger charge is 2.07. The average Bonchev–Trinajstić information content (AvgIpc) is 2.29. The van der Waals surface area contributed by atoms with Gasteiger partial charge in [0.05, 0.1) is 0 Å². The Hall–Kier alpha value is -1.61. The fraction of sp³-hybridized carbons (Fsp3) is 0.0714. The average molecular weight is 290 g/mol. The van der Waals surface area contributed by atoms with Gasteiger partial charge in [-0.2, -0.15) is 0 Å². The Labute approximate surface area is 109 Å². The summed E-state index contributed by atoms with van der Waals surface area (Å²) in [5.41, 5.74) is 7.92. The zero-order valence-electron chi connectivity index (χ0n) is 9.19. The zero-order valence-corrected chi connectivity index (χ0v) is 10.8. The van der Waals surface area contributed by atoms with E-state index < -0.39 is 0 Å². The molecule has 0 saturated heterocycles. The Morgan fingerprint density at radius 1 is 1.12 bits per heavy atom. The van der Waals surface area contributed by atoms with Crippen LogP contribution in [-0.4, -0.2) is 5.78 Å². The van der Waals surface area contributed by atoms with Crippen LogP contribution in [0.15, 0.2) is 53.0 Å². The van der Waals surface area contributed by atoms with Gasteiger partial charge in [-0.25, -0.2) is 0 Å². The minimum absolute atomic E-state index is 0.0791. The molecule has 0 heterocycles. The number of ketones is 1. The lowest BCUT2D eigenvalue weighted by Gasteiger charge is -2.03. The number of benzene rings is 2. The van der Waals surface area contributed by atoms with Gasteiger partial charge in [0, 0.05) is 22.1 Å². The predicted octanol–water partition coefficient (Wildman–Crippen LogP) is 3.46. The van der Waals surface area contributed by atoms with Gasteiger partial charge in [-0.15, -0.1) is 0 Å².